The lowest BCUT2D eigenvalue weighted by molar-refractivity contribution is 0.246. The number of carbonyl (C=O) groups is 1. The van der Waals surface area contributed by atoms with E-state index in [1.165, 1.54) is 5.56 Å². The molecule has 0 aromatic heterocycles. The monoisotopic (exact) mass is 244 g/mol. The smallest absolute Gasteiger partial charge is 0.312 e. The van der Waals surface area contributed by atoms with Gasteiger partial charge in [0.2, 0.25) is 0 Å². The Morgan fingerprint density at radius 1 is 1.22 bits per heavy atom. The minimum atomic E-state index is -0.0882. The third-order valence-electron chi connectivity index (χ3n) is 3.21. The van der Waals surface area contributed by atoms with Crippen molar-refractivity contribution in [3.63, 3.8) is 0 Å². The minimum Gasteiger partial charge on any atom is -0.312 e. The van der Waals surface area contributed by atoms with Crippen molar-refractivity contribution in [2.75, 3.05) is 11.4 Å². The minimum absolute atomic E-state index is 0.0882. The number of nitrogens with zero attached hydrogens (tertiary/aromatic N) is 1. The second-order valence-corrected chi connectivity index (χ2v) is 5.73. The Balaban J connectivity index is 2.20. The number of urea groups is 1. The van der Waals surface area contributed by atoms with Crippen molar-refractivity contribution in [2.45, 2.75) is 32.6 Å². The van der Waals surface area contributed by atoms with Crippen molar-refractivity contribution >= 4 is 11.7 Å². The molecule has 0 radical (unpaired) electrons. The van der Waals surface area contributed by atoms with Crippen LogP contribution in [-0.2, 0) is 5.41 Å². The zero-order chi connectivity index (χ0) is 13.3. The molecule has 0 bridgehead atoms. The van der Waals surface area contributed by atoms with Crippen molar-refractivity contribution in [3.05, 3.63) is 42.1 Å². The van der Waals surface area contributed by atoms with E-state index in [9.17, 15) is 4.79 Å². The van der Waals surface area contributed by atoms with Crippen molar-refractivity contribution in [1.82, 2.24) is 5.32 Å². The maximum absolute atomic E-state index is 11.8. The van der Waals surface area contributed by atoms with Gasteiger partial charge in [-0.25, -0.2) is 4.79 Å². The van der Waals surface area contributed by atoms with E-state index in [0.29, 0.717) is 6.54 Å². The SMILES string of the molecule is C=C1CCN(c2ccc(C(C)(C)C)cc2)C(=O)N1. The van der Waals surface area contributed by atoms with E-state index < -0.39 is 0 Å². The average molecular weight is 244 g/mol. The summed E-state index contributed by atoms with van der Waals surface area (Å²) < 4.78 is 0. The van der Waals surface area contributed by atoms with Crippen molar-refractivity contribution < 1.29 is 4.79 Å². The first-order valence-corrected chi connectivity index (χ1v) is 6.25. The summed E-state index contributed by atoms with van der Waals surface area (Å²) in [5.74, 6) is 0. The standard InChI is InChI=1S/C15H20N2O/c1-11-9-10-17(14(18)16-11)13-7-5-12(6-8-13)15(2,3)4/h5-8H,1,9-10H2,2-4H3,(H,16,18). The Labute approximate surface area is 108 Å². The Bertz CT molecular complexity index is 468. The van der Waals surface area contributed by atoms with E-state index in [0.717, 1.165) is 17.8 Å². The molecular formula is C15H20N2O. The van der Waals surface area contributed by atoms with E-state index in [4.69, 9.17) is 0 Å². The fraction of sp³-hybridized carbons (Fsp3) is 0.400. The lowest BCUT2D eigenvalue weighted by Gasteiger charge is -2.29. The van der Waals surface area contributed by atoms with Crippen molar-refractivity contribution in [3.8, 4) is 0 Å². The van der Waals surface area contributed by atoms with Gasteiger partial charge in [0.25, 0.3) is 0 Å². The molecule has 1 aromatic rings. The van der Waals surface area contributed by atoms with Crippen LogP contribution in [-0.4, -0.2) is 12.6 Å². The normalized spacial score (nSPS) is 16.7. The highest BCUT2D eigenvalue weighted by Crippen LogP contribution is 2.26. The first kappa shape index (κ1) is 12.7. The van der Waals surface area contributed by atoms with Gasteiger partial charge in [0.1, 0.15) is 0 Å². The van der Waals surface area contributed by atoms with E-state index in [1.54, 1.807) is 4.90 Å². The molecule has 1 aliphatic rings. The number of nitrogens with one attached hydrogen (secondary N) is 1. The van der Waals surface area contributed by atoms with Crippen LogP contribution < -0.4 is 10.2 Å². The van der Waals surface area contributed by atoms with Crippen molar-refractivity contribution in [2.24, 2.45) is 0 Å². The maximum atomic E-state index is 11.8. The molecule has 2 rings (SSSR count). The van der Waals surface area contributed by atoms with E-state index >= 15 is 0 Å². The summed E-state index contributed by atoms with van der Waals surface area (Å²) in [6, 6.07) is 8.11. The van der Waals surface area contributed by atoms with Gasteiger partial charge in [-0.1, -0.05) is 39.5 Å². The molecule has 1 aromatic carbocycles. The Kier molecular flexibility index (Phi) is 3.16. The van der Waals surface area contributed by atoms with E-state index in [1.807, 2.05) is 12.1 Å². The van der Waals surface area contributed by atoms with Crippen LogP contribution in [0.3, 0.4) is 0 Å². The fourth-order valence-electron chi connectivity index (χ4n) is 2.02. The third-order valence-corrected chi connectivity index (χ3v) is 3.21. The van der Waals surface area contributed by atoms with Crippen LogP contribution in [0.2, 0.25) is 0 Å². The molecule has 1 fully saturated rings. The first-order chi connectivity index (χ1) is 8.38. The molecule has 0 atom stereocenters. The number of hydrogen-bond donors (Lipinski definition) is 1. The van der Waals surface area contributed by atoms with Crippen molar-refractivity contribution in [1.29, 1.82) is 0 Å². The summed E-state index contributed by atoms with van der Waals surface area (Å²) in [6.45, 7) is 11.0. The maximum Gasteiger partial charge on any atom is 0.326 e. The lowest BCUT2D eigenvalue weighted by Crippen LogP contribution is -2.45. The Morgan fingerprint density at radius 3 is 2.33 bits per heavy atom. The average Bonchev–Trinajstić information content (AvgIpc) is 2.28. The quantitative estimate of drug-likeness (QED) is 0.806. The molecular weight excluding hydrogens is 224 g/mol. The molecule has 1 N–H and O–H groups in total. The zero-order valence-electron chi connectivity index (χ0n) is 11.3. The van der Waals surface area contributed by atoms with Gasteiger partial charge in [-0.3, -0.25) is 4.90 Å². The van der Waals surface area contributed by atoms with E-state index in [2.05, 4.69) is 44.8 Å². The van der Waals surface area contributed by atoms with E-state index in [-0.39, 0.29) is 11.4 Å². The first-order valence-electron chi connectivity index (χ1n) is 6.25. The number of amides is 2. The van der Waals surface area contributed by atoms with Gasteiger partial charge in [-0.15, -0.1) is 0 Å². The summed E-state index contributed by atoms with van der Waals surface area (Å²) in [7, 11) is 0. The summed E-state index contributed by atoms with van der Waals surface area (Å²) in [5, 5.41) is 2.77. The predicted octanol–water partition coefficient (Wildman–Crippen LogP) is 3.42. The van der Waals surface area contributed by atoms with Gasteiger partial charge in [-0.2, -0.15) is 0 Å². The summed E-state index contributed by atoms with van der Waals surface area (Å²) in [4.78, 5) is 13.6. The second kappa shape index (κ2) is 4.48. The van der Waals surface area contributed by atoms with Gasteiger partial charge < -0.3 is 5.32 Å². The van der Waals surface area contributed by atoms with Crippen LogP contribution in [0.25, 0.3) is 0 Å². The highest BCUT2D eigenvalue weighted by molar-refractivity contribution is 5.94. The highest BCUT2D eigenvalue weighted by Gasteiger charge is 2.21. The van der Waals surface area contributed by atoms with Gasteiger partial charge in [0.15, 0.2) is 0 Å². The summed E-state index contributed by atoms with van der Waals surface area (Å²) in [5.41, 5.74) is 3.14. The molecule has 1 aliphatic heterocycles. The molecule has 96 valence electrons. The van der Waals surface area contributed by atoms with Gasteiger partial charge >= 0.3 is 6.03 Å². The molecule has 1 heterocycles. The molecule has 3 nitrogen and oxygen atoms in total. The molecule has 0 spiro atoms. The molecule has 0 unspecified atom stereocenters. The van der Waals surface area contributed by atoms with Crippen LogP contribution in [0, 0.1) is 0 Å². The van der Waals surface area contributed by atoms with Crippen LogP contribution in [0.5, 0.6) is 0 Å². The molecule has 3 heteroatoms. The summed E-state index contributed by atoms with van der Waals surface area (Å²) in [6.07, 6.45) is 0.798. The van der Waals surface area contributed by atoms with Gasteiger partial charge in [0, 0.05) is 24.4 Å². The molecule has 0 aliphatic carbocycles. The summed E-state index contributed by atoms with van der Waals surface area (Å²) >= 11 is 0. The van der Waals surface area contributed by atoms with Crippen LogP contribution in [0.4, 0.5) is 10.5 Å². The molecule has 2 amide bonds. The predicted molar refractivity (Wildman–Crippen MR) is 74.8 cm³/mol. The Hall–Kier alpha value is -1.77. The number of rotatable bonds is 1. The lowest BCUT2D eigenvalue weighted by atomic mass is 9.87. The van der Waals surface area contributed by atoms with Crippen LogP contribution >= 0.6 is 0 Å². The molecule has 0 saturated carbocycles. The van der Waals surface area contributed by atoms with Crippen LogP contribution in [0.15, 0.2) is 36.5 Å². The topological polar surface area (TPSA) is 32.3 Å². The second-order valence-electron chi connectivity index (χ2n) is 5.73. The number of hydrogen-bond acceptors (Lipinski definition) is 1. The number of benzene rings is 1. The van der Waals surface area contributed by atoms with Gasteiger partial charge in [-0.05, 0) is 23.1 Å². The third kappa shape index (κ3) is 2.55. The highest BCUT2D eigenvalue weighted by atomic mass is 16.2. The molecule has 1 saturated heterocycles. The molecule has 18 heavy (non-hydrogen) atoms. The number of anilines is 1. The number of carbonyl (C=O) groups excluding carboxylic acids is 1. The fourth-order valence-corrected chi connectivity index (χ4v) is 2.02. The van der Waals surface area contributed by atoms with Crippen LogP contribution in [0.1, 0.15) is 32.8 Å². The Morgan fingerprint density at radius 2 is 1.83 bits per heavy atom. The zero-order valence-corrected chi connectivity index (χ0v) is 11.3. The largest absolute Gasteiger partial charge is 0.326 e. The van der Waals surface area contributed by atoms with Gasteiger partial charge in [0.05, 0.1) is 0 Å².